The summed E-state index contributed by atoms with van der Waals surface area (Å²) in [6.45, 7) is 2.05. The lowest BCUT2D eigenvalue weighted by molar-refractivity contribution is 0.158. The second-order valence-corrected chi connectivity index (χ2v) is 11.1. The number of hydrogen-bond acceptors (Lipinski definition) is 5. The Balaban J connectivity index is 1.21. The van der Waals surface area contributed by atoms with Crippen LogP contribution in [0.3, 0.4) is 0 Å². The maximum atomic E-state index is 6.68. The number of hydrogen-bond donors (Lipinski definition) is 0. The van der Waals surface area contributed by atoms with Crippen LogP contribution in [0.2, 0.25) is 0 Å². The second-order valence-electron chi connectivity index (χ2n) is 10.0. The maximum Gasteiger partial charge on any atom is 0.152 e. The van der Waals surface area contributed by atoms with E-state index in [0.29, 0.717) is 43.7 Å². The Morgan fingerprint density at radius 2 is 1.07 bits per heavy atom. The number of rotatable bonds is 13. The lowest BCUT2D eigenvalue weighted by Crippen LogP contribution is -2.15. The van der Waals surface area contributed by atoms with Crippen LogP contribution in [0.4, 0.5) is 0 Å². The van der Waals surface area contributed by atoms with E-state index in [0.717, 1.165) is 31.6 Å². The quantitative estimate of drug-likeness (QED) is 0.0929. The zero-order chi connectivity index (χ0) is 28.6. The van der Waals surface area contributed by atoms with Crippen LogP contribution in [0.5, 0.6) is 23.0 Å². The molecule has 0 bridgehead atoms. The minimum atomic E-state index is -0.284. The largest absolute Gasteiger partial charge is 0.489 e. The monoisotopic (exact) mass is 670 g/mol. The molecule has 0 aromatic heterocycles. The molecule has 0 unspecified atom stereocenters. The lowest BCUT2D eigenvalue weighted by Gasteiger charge is -2.21. The average Bonchev–Trinajstić information content (AvgIpc) is 3.89. The molecule has 5 aromatic rings. The summed E-state index contributed by atoms with van der Waals surface area (Å²) in [6, 6.07) is 42.3. The number of benzene rings is 5. The molecule has 212 valence electrons. The van der Waals surface area contributed by atoms with Gasteiger partial charge in [-0.15, -0.1) is 0 Å². The summed E-state index contributed by atoms with van der Waals surface area (Å²) in [5.74, 6) is 2.88. The third-order valence-electron chi connectivity index (χ3n) is 6.87. The van der Waals surface area contributed by atoms with Gasteiger partial charge < -0.3 is 23.7 Å². The third-order valence-corrected chi connectivity index (χ3v) is 7.94. The Morgan fingerprint density at radius 1 is 0.595 bits per heavy atom. The van der Waals surface area contributed by atoms with Gasteiger partial charge in [0.25, 0.3) is 0 Å². The van der Waals surface area contributed by atoms with Crippen LogP contribution in [0.1, 0.15) is 28.4 Å². The molecule has 1 fully saturated rings. The summed E-state index contributed by atoms with van der Waals surface area (Å²) in [7, 11) is 0. The number of halogens is 1. The summed E-state index contributed by atoms with van der Waals surface area (Å²) >= 11 is 2.29. The summed E-state index contributed by atoms with van der Waals surface area (Å²) in [5, 5.41) is 0. The molecule has 0 amide bonds. The maximum absolute atomic E-state index is 6.68. The molecular formula is C36H31IO5. The minimum Gasteiger partial charge on any atom is -0.489 e. The highest BCUT2D eigenvalue weighted by atomic mass is 127. The van der Waals surface area contributed by atoms with E-state index >= 15 is 0 Å². The fourth-order valence-corrected chi connectivity index (χ4v) is 5.11. The topological polar surface area (TPSA) is 49.5 Å². The van der Waals surface area contributed by atoms with Crippen molar-refractivity contribution in [1.29, 1.82) is 0 Å². The molecule has 1 saturated heterocycles. The summed E-state index contributed by atoms with van der Waals surface area (Å²) in [4.78, 5) is 0. The van der Waals surface area contributed by atoms with Crippen LogP contribution in [-0.4, -0.2) is 12.7 Å². The van der Waals surface area contributed by atoms with Gasteiger partial charge in [0, 0.05) is 12.1 Å². The summed E-state index contributed by atoms with van der Waals surface area (Å²) < 4.78 is 31.8. The van der Waals surface area contributed by atoms with Crippen molar-refractivity contribution in [3.8, 4) is 23.0 Å². The van der Waals surface area contributed by atoms with Crippen molar-refractivity contribution in [1.82, 2.24) is 0 Å². The first-order valence-electron chi connectivity index (χ1n) is 13.9. The van der Waals surface area contributed by atoms with Gasteiger partial charge in [-0.05, 0) is 57.0 Å². The van der Waals surface area contributed by atoms with Gasteiger partial charge in [-0.2, -0.15) is 0 Å². The number of epoxide rings is 1. The minimum absolute atomic E-state index is 0.0283. The van der Waals surface area contributed by atoms with E-state index in [1.807, 2.05) is 115 Å². The molecule has 0 radical (unpaired) electrons. The highest BCUT2D eigenvalue weighted by molar-refractivity contribution is 14.1. The van der Waals surface area contributed by atoms with Gasteiger partial charge in [0.1, 0.15) is 48.9 Å². The van der Waals surface area contributed by atoms with Gasteiger partial charge in [0.2, 0.25) is 0 Å². The molecule has 6 heteroatoms. The van der Waals surface area contributed by atoms with Crippen molar-refractivity contribution in [3.05, 3.63) is 153 Å². The van der Waals surface area contributed by atoms with Crippen molar-refractivity contribution in [2.24, 2.45) is 0 Å². The van der Waals surface area contributed by atoms with Gasteiger partial charge in [-0.1, -0.05) is 103 Å². The molecule has 1 heterocycles. The molecule has 6 rings (SSSR count). The molecule has 5 nitrogen and oxygen atoms in total. The van der Waals surface area contributed by atoms with Crippen LogP contribution in [0.25, 0.3) is 0 Å². The van der Waals surface area contributed by atoms with Crippen LogP contribution in [0, 0.1) is 3.57 Å². The first kappa shape index (κ1) is 28.1. The molecule has 5 aromatic carbocycles. The van der Waals surface area contributed by atoms with E-state index in [-0.39, 0.29) is 12.2 Å². The predicted molar refractivity (Wildman–Crippen MR) is 171 cm³/mol. The smallest absolute Gasteiger partial charge is 0.152 e. The van der Waals surface area contributed by atoms with E-state index in [4.69, 9.17) is 23.7 Å². The third kappa shape index (κ3) is 7.63. The molecule has 2 atom stereocenters. The summed E-state index contributed by atoms with van der Waals surface area (Å²) in [6.07, 6.45) is -0.312. The van der Waals surface area contributed by atoms with Crippen LogP contribution in [0.15, 0.2) is 127 Å². The lowest BCUT2D eigenvalue weighted by atomic mass is 10.1. The van der Waals surface area contributed by atoms with E-state index in [2.05, 4.69) is 34.7 Å². The van der Waals surface area contributed by atoms with Gasteiger partial charge in [0.15, 0.2) is 6.10 Å². The Morgan fingerprint density at radius 3 is 1.60 bits per heavy atom. The molecule has 0 aliphatic carbocycles. The zero-order valence-electron chi connectivity index (χ0n) is 23.0. The molecular weight excluding hydrogens is 639 g/mol. The second kappa shape index (κ2) is 13.8. The highest BCUT2D eigenvalue weighted by Gasteiger charge is 2.36. The molecule has 1 aliphatic rings. The van der Waals surface area contributed by atoms with Crippen LogP contribution < -0.4 is 18.9 Å². The van der Waals surface area contributed by atoms with Gasteiger partial charge >= 0.3 is 0 Å². The van der Waals surface area contributed by atoms with E-state index in [1.165, 1.54) is 0 Å². The van der Waals surface area contributed by atoms with E-state index in [1.54, 1.807) is 0 Å². The fourth-order valence-electron chi connectivity index (χ4n) is 4.52. The van der Waals surface area contributed by atoms with Crippen LogP contribution in [-0.2, 0) is 24.6 Å². The first-order valence-corrected chi connectivity index (χ1v) is 15.0. The van der Waals surface area contributed by atoms with Crippen LogP contribution >= 0.6 is 22.6 Å². The summed E-state index contributed by atoms with van der Waals surface area (Å²) in [5.41, 5.74) is 4.32. The van der Waals surface area contributed by atoms with E-state index in [9.17, 15) is 0 Å². The van der Waals surface area contributed by atoms with Crippen molar-refractivity contribution < 1.29 is 23.7 Å². The Hall–Kier alpha value is -4.01. The standard InChI is InChI=1S/C36H31IO5/c37-35-32(40-24-28-14-8-3-9-15-28)20-31(39-23-27-12-6-2-7-13-27)21-33(35)42-36(34-25-41-34)29-16-18-30(19-17-29)38-22-26-10-4-1-5-11-26/h1-21,34,36H,22-25H2/t34-,36+/m1/s1. The predicted octanol–water partition coefficient (Wildman–Crippen LogP) is 8.55. The molecule has 42 heavy (non-hydrogen) atoms. The Bertz CT molecular complexity index is 1560. The highest BCUT2D eigenvalue weighted by Crippen LogP contribution is 2.41. The fraction of sp³-hybridized carbons (Fsp3) is 0.167. The SMILES string of the molecule is Ic1c(OCc2ccccc2)cc(OCc2ccccc2)cc1O[C@@H](c1ccc(OCc2ccccc2)cc1)[C@H]1CO1. The van der Waals surface area contributed by atoms with Gasteiger partial charge in [0.05, 0.1) is 10.2 Å². The van der Waals surface area contributed by atoms with Gasteiger partial charge in [-0.25, -0.2) is 0 Å². The van der Waals surface area contributed by atoms with Crippen molar-refractivity contribution in [2.75, 3.05) is 6.61 Å². The Kier molecular flexibility index (Phi) is 9.22. The molecule has 0 spiro atoms. The van der Waals surface area contributed by atoms with Crippen molar-refractivity contribution >= 4 is 22.6 Å². The van der Waals surface area contributed by atoms with Crippen molar-refractivity contribution in [3.63, 3.8) is 0 Å². The zero-order valence-corrected chi connectivity index (χ0v) is 25.2. The average molecular weight is 671 g/mol. The Labute approximate surface area is 260 Å². The van der Waals surface area contributed by atoms with E-state index < -0.39 is 0 Å². The van der Waals surface area contributed by atoms with Gasteiger partial charge in [-0.3, -0.25) is 0 Å². The first-order chi connectivity index (χ1) is 20.7. The van der Waals surface area contributed by atoms with Crippen molar-refractivity contribution in [2.45, 2.75) is 32.0 Å². The number of ether oxygens (including phenoxy) is 5. The normalized spacial score (nSPS) is 14.5. The molecule has 0 saturated carbocycles. The molecule has 0 N–H and O–H groups in total. The molecule has 1 aliphatic heterocycles.